The van der Waals surface area contributed by atoms with Crippen LogP contribution in [0.2, 0.25) is 0 Å². The molecule has 8 nitrogen and oxygen atoms in total. The lowest BCUT2D eigenvalue weighted by molar-refractivity contribution is -0.384. The van der Waals surface area contributed by atoms with Crippen molar-refractivity contribution < 1.29 is 19.6 Å². The Kier molecular flexibility index (Phi) is 5.27. The van der Waals surface area contributed by atoms with Gasteiger partial charge in [-0.25, -0.2) is 5.43 Å². The van der Waals surface area contributed by atoms with Crippen molar-refractivity contribution >= 4 is 28.6 Å². The fourth-order valence-electron chi connectivity index (χ4n) is 2.43. The number of phenols is 1. The molecule has 0 aliphatic heterocycles. The summed E-state index contributed by atoms with van der Waals surface area (Å²) in [6.07, 6.45) is 1.36. The number of phenolic OH excluding ortho intramolecular Hbond substituents is 1. The van der Waals surface area contributed by atoms with Crippen LogP contribution >= 0.6 is 0 Å². The Balaban J connectivity index is 1.59. The molecule has 2 N–H and O–H groups in total. The monoisotopic (exact) mass is 365 g/mol. The molecule has 1 amide bonds. The summed E-state index contributed by atoms with van der Waals surface area (Å²) in [7, 11) is 0. The summed E-state index contributed by atoms with van der Waals surface area (Å²) in [5.41, 5.74) is 2.74. The molecule has 136 valence electrons. The quantitative estimate of drug-likeness (QED) is 0.396. The summed E-state index contributed by atoms with van der Waals surface area (Å²) < 4.78 is 5.24. The first kappa shape index (κ1) is 17.9. The molecule has 0 radical (unpaired) electrons. The van der Waals surface area contributed by atoms with E-state index in [1.54, 1.807) is 12.1 Å². The minimum Gasteiger partial charge on any atom is -0.507 e. The van der Waals surface area contributed by atoms with Gasteiger partial charge in [0.15, 0.2) is 6.61 Å². The van der Waals surface area contributed by atoms with E-state index < -0.39 is 10.8 Å². The molecule has 0 aliphatic carbocycles. The van der Waals surface area contributed by atoms with E-state index in [1.807, 2.05) is 24.3 Å². The van der Waals surface area contributed by atoms with Gasteiger partial charge in [-0.3, -0.25) is 14.9 Å². The first-order chi connectivity index (χ1) is 13.0. The number of aromatic hydroxyl groups is 1. The van der Waals surface area contributed by atoms with E-state index in [0.717, 1.165) is 10.8 Å². The van der Waals surface area contributed by atoms with E-state index in [2.05, 4.69) is 10.5 Å². The largest absolute Gasteiger partial charge is 0.507 e. The van der Waals surface area contributed by atoms with E-state index in [0.29, 0.717) is 11.3 Å². The number of ether oxygens (including phenoxy) is 1. The molecule has 27 heavy (non-hydrogen) atoms. The second kappa shape index (κ2) is 7.96. The molecule has 0 spiro atoms. The van der Waals surface area contributed by atoms with Crippen LogP contribution in [0.15, 0.2) is 65.8 Å². The number of amides is 1. The van der Waals surface area contributed by atoms with Gasteiger partial charge >= 0.3 is 0 Å². The number of carbonyl (C=O) groups excluding carboxylic acids is 1. The van der Waals surface area contributed by atoms with Crippen molar-refractivity contribution in [2.75, 3.05) is 6.61 Å². The first-order valence-electron chi connectivity index (χ1n) is 7.94. The summed E-state index contributed by atoms with van der Waals surface area (Å²) in [5, 5.41) is 26.2. The molecular formula is C19H15N3O5. The van der Waals surface area contributed by atoms with Gasteiger partial charge < -0.3 is 9.84 Å². The van der Waals surface area contributed by atoms with Crippen LogP contribution in [0.1, 0.15) is 5.56 Å². The number of benzene rings is 3. The Bertz CT molecular complexity index is 1020. The van der Waals surface area contributed by atoms with Crippen LogP contribution in [0.25, 0.3) is 10.8 Å². The number of hydrogen-bond donors (Lipinski definition) is 2. The molecule has 3 aromatic carbocycles. The molecule has 0 aromatic heterocycles. The third-order valence-corrected chi connectivity index (χ3v) is 3.75. The zero-order valence-electron chi connectivity index (χ0n) is 14.0. The maximum absolute atomic E-state index is 11.8. The lowest BCUT2D eigenvalue weighted by atomic mass is 10.0. The van der Waals surface area contributed by atoms with Crippen molar-refractivity contribution in [3.8, 4) is 11.5 Å². The second-order valence-corrected chi connectivity index (χ2v) is 5.55. The zero-order chi connectivity index (χ0) is 19.2. The Morgan fingerprint density at radius 1 is 1.15 bits per heavy atom. The molecular weight excluding hydrogens is 350 g/mol. The Morgan fingerprint density at radius 2 is 1.89 bits per heavy atom. The predicted molar refractivity (Wildman–Crippen MR) is 99.9 cm³/mol. The van der Waals surface area contributed by atoms with Crippen LogP contribution in [0.3, 0.4) is 0 Å². The Morgan fingerprint density at radius 3 is 2.63 bits per heavy atom. The molecule has 3 aromatic rings. The number of nitro benzene ring substituents is 1. The maximum Gasteiger partial charge on any atom is 0.277 e. The fourth-order valence-corrected chi connectivity index (χ4v) is 2.43. The molecule has 0 fully saturated rings. The first-order valence-corrected chi connectivity index (χ1v) is 7.94. The van der Waals surface area contributed by atoms with Crippen LogP contribution in [0, 0.1) is 10.1 Å². The smallest absolute Gasteiger partial charge is 0.277 e. The predicted octanol–water partition coefficient (Wildman–Crippen LogP) is 2.98. The average Bonchev–Trinajstić information content (AvgIpc) is 2.68. The lowest BCUT2D eigenvalue weighted by Gasteiger charge is -2.06. The second-order valence-electron chi connectivity index (χ2n) is 5.55. The summed E-state index contributed by atoms with van der Waals surface area (Å²) in [4.78, 5) is 21.9. The van der Waals surface area contributed by atoms with Crippen LogP contribution in [0.5, 0.6) is 11.5 Å². The van der Waals surface area contributed by atoms with Gasteiger partial charge in [-0.2, -0.15) is 5.10 Å². The number of non-ortho nitro benzene ring substituents is 1. The van der Waals surface area contributed by atoms with E-state index in [1.165, 1.54) is 30.5 Å². The molecule has 0 bridgehead atoms. The van der Waals surface area contributed by atoms with Gasteiger partial charge in [-0.1, -0.05) is 30.3 Å². The number of hydrogen-bond acceptors (Lipinski definition) is 6. The van der Waals surface area contributed by atoms with E-state index >= 15 is 0 Å². The highest BCUT2D eigenvalue weighted by molar-refractivity contribution is 6.02. The van der Waals surface area contributed by atoms with E-state index in [-0.39, 0.29) is 18.0 Å². The fraction of sp³-hybridized carbons (Fsp3) is 0.0526. The highest BCUT2D eigenvalue weighted by Gasteiger charge is 2.07. The Hall–Kier alpha value is -3.94. The van der Waals surface area contributed by atoms with Crippen molar-refractivity contribution in [3.63, 3.8) is 0 Å². The van der Waals surface area contributed by atoms with Crippen LogP contribution in [-0.4, -0.2) is 28.8 Å². The summed E-state index contributed by atoms with van der Waals surface area (Å²) in [5.74, 6) is -0.135. The average molecular weight is 365 g/mol. The molecule has 0 heterocycles. The number of rotatable bonds is 6. The van der Waals surface area contributed by atoms with Gasteiger partial charge in [0.2, 0.25) is 0 Å². The lowest BCUT2D eigenvalue weighted by Crippen LogP contribution is -2.24. The number of nitrogens with one attached hydrogen (secondary N) is 1. The maximum atomic E-state index is 11.8. The molecule has 3 rings (SSSR count). The van der Waals surface area contributed by atoms with Gasteiger partial charge in [0.1, 0.15) is 11.5 Å². The zero-order valence-corrected chi connectivity index (χ0v) is 14.0. The van der Waals surface area contributed by atoms with Crippen molar-refractivity contribution in [3.05, 3.63) is 76.3 Å². The van der Waals surface area contributed by atoms with Crippen molar-refractivity contribution in [1.82, 2.24) is 5.43 Å². The van der Waals surface area contributed by atoms with Gasteiger partial charge in [-0.15, -0.1) is 0 Å². The van der Waals surface area contributed by atoms with Crippen molar-refractivity contribution in [2.45, 2.75) is 0 Å². The third kappa shape index (κ3) is 4.37. The van der Waals surface area contributed by atoms with Crippen LogP contribution in [-0.2, 0) is 4.79 Å². The molecule has 0 atom stereocenters. The molecule has 0 aliphatic rings. The van der Waals surface area contributed by atoms with Gasteiger partial charge in [0, 0.05) is 17.7 Å². The van der Waals surface area contributed by atoms with E-state index in [9.17, 15) is 20.0 Å². The molecule has 8 heteroatoms. The molecule has 0 saturated heterocycles. The van der Waals surface area contributed by atoms with E-state index in [4.69, 9.17) is 4.74 Å². The summed E-state index contributed by atoms with van der Waals surface area (Å²) in [6, 6.07) is 16.2. The van der Waals surface area contributed by atoms with Crippen LogP contribution in [0.4, 0.5) is 5.69 Å². The minimum atomic E-state index is -0.520. The summed E-state index contributed by atoms with van der Waals surface area (Å²) >= 11 is 0. The highest BCUT2D eigenvalue weighted by Crippen LogP contribution is 2.25. The molecule has 0 saturated carbocycles. The highest BCUT2D eigenvalue weighted by atomic mass is 16.6. The van der Waals surface area contributed by atoms with Gasteiger partial charge in [-0.05, 0) is 29.0 Å². The SMILES string of the molecule is O=C(COc1ccc([N+](=O)[O-])cc1)N/N=C/c1c(O)ccc2ccccc12. The minimum absolute atomic E-state index is 0.0498. The Labute approximate surface area is 153 Å². The normalized spacial score (nSPS) is 10.8. The number of fused-ring (bicyclic) bond motifs is 1. The number of hydrazone groups is 1. The van der Waals surface area contributed by atoms with Crippen LogP contribution < -0.4 is 10.2 Å². The number of nitrogens with zero attached hydrogens (tertiary/aromatic N) is 2. The molecule has 0 unspecified atom stereocenters. The van der Waals surface area contributed by atoms with Gasteiger partial charge in [0.05, 0.1) is 11.1 Å². The third-order valence-electron chi connectivity index (χ3n) is 3.75. The topological polar surface area (TPSA) is 114 Å². The van der Waals surface area contributed by atoms with Crippen molar-refractivity contribution in [2.24, 2.45) is 5.10 Å². The van der Waals surface area contributed by atoms with Gasteiger partial charge in [0.25, 0.3) is 11.6 Å². The number of nitro groups is 1. The standard InChI is InChI=1S/C19H15N3O5/c23-18-10-5-13-3-1-2-4-16(13)17(18)11-20-21-19(24)12-27-15-8-6-14(7-9-15)22(25)26/h1-11,23H,12H2,(H,21,24)/b20-11+. The number of carbonyl (C=O) groups is 1. The van der Waals surface area contributed by atoms with Crippen molar-refractivity contribution in [1.29, 1.82) is 0 Å². The summed E-state index contributed by atoms with van der Waals surface area (Å²) in [6.45, 7) is -0.309.